The molecule has 0 spiro atoms. The molecule has 0 amide bonds. The molecular formula is C11H13BrN4O. The van der Waals surface area contributed by atoms with Crippen molar-refractivity contribution in [1.82, 2.24) is 15.5 Å². The van der Waals surface area contributed by atoms with Crippen LogP contribution in [0.25, 0.3) is 0 Å². The molecule has 1 heterocycles. The van der Waals surface area contributed by atoms with Gasteiger partial charge in [0.2, 0.25) is 5.89 Å². The van der Waals surface area contributed by atoms with E-state index < -0.39 is 0 Å². The first-order valence-electron chi connectivity index (χ1n) is 5.19. The van der Waals surface area contributed by atoms with Crippen LogP contribution in [0.3, 0.4) is 0 Å². The maximum atomic E-state index is 5.39. The Kier molecular flexibility index (Phi) is 3.75. The molecule has 0 radical (unpaired) electrons. The van der Waals surface area contributed by atoms with E-state index in [9.17, 15) is 0 Å². The van der Waals surface area contributed by atoms with Gasteiger partial charge in [0.05, 0.1) is 6.54 Å². The molecule has 0 unspecified atom stereocenters. The first kappa shape index (κ1) is 12.1. The molecule has 1 aromatic heterocycles. The van der Waals surface area contributed by atoms with Crippen molar-refractivity contribution in [2.24, 2.45) is 0 Å². The quantitative estimate of drug-likeness (QED) is 0.908. The Balaban J connectivity index is 2.11. The smallest absolute Gasteiger partial charge is 0.320 e. The SMILES string of the molecule is CNCc1nnc(Nc2ccc(C)c(Br)c2)o1. The summed E-state index contributed by atoms with van der Waals surface area (Å²) in [6.07, 6.45) is 0. The fraction of sp³-hybridized carbons (Fsp3) is 0.273. The summed E-state index contributed by atoms with van der Waals surface area (Å²) in [6, 6.07) is 6.34. The van der Waals surface area contributed by atoms with Crippen LogP contribution in [0.1, 0.15) is 11.5 Å². The van der Waals surface area contributed by atoms with E-state index in [1.165, 1.54) is 5.56 Å². The summed E-state index contributed by atoms with van der Waals surface area (Å²) in [6.45, 7) is 2.60. The zero-order chi connectivity index (χ0) is 12.3. The van der Waals surface area contributed by atoms with E-state index in [4.69, 9.17) is 4.42 Å². The Morgan fingerprint density at radius 3 is 2.88 bits per heavy atom. The van der Waals surface area contributed by atoms with Crippen LogP contribution in [0, 0.1) is 6.92 Å². The lowest BCUT2D eigenvalue weighted by atomic mass is 10.2. The zero-order valence-corrected chi connectivity index (χ0v) is 11.2. The van der Waals surface area contributed by atoms with Crippen LogP contribution in [-0.4, -0.2) is 17.2 Å². The van der Waals surface area contributed by atoms with Gasteiger partial charge in [-0.05, 0) is 31.7 Å². The number of anilines is 2. The largest absolute Gasteiger partial charge is 0.406 e. The molecule has 0 saturated heterocycles. The van der Waals surface area contributed by atoms with Crippen LogP contribution in [0.5, 0.6) is 0 Å². The molecule has 0 aliphatic rings. The van der Waals surface area contributed by atoms with Crippen LogP contribution in [0.2, 0.25) is 0 Å². The van der Waals surface area contributed by atoms with Crippen molar-refractivity contribution in [3.8, 4) is 0 Å². The van der Waals surface area contributed by atoms with Gasteiger partial charge in [-0.2, -0.15) is 0 Å². The average molecular weight is 297 g/mol. The average Bonchev–Trinajstić information content (AvgIpc) is 2.72. The third-order valence-corrected chi connectivity index (χ3v) is 3.07. The van der Waals surface area contributed by atoms with Gasteiger partial charge in [-0.3, -0.25) is 0 Å². The van der Waals surface area contributed by atoms with Crippen molar-refractivity contribution in [3.63, 3.8) is 0 Å². The van der Waals surface area contributed by atoms with Crippen molar-refractivity contribution >= 4 is 27.6 Å². The summed E-state index contributed by atoms with van der Waals surface area (Å²) < 4.78 is 6.43. The molecule has 0 fully saturated rings. The molecule has 0 bridgehead atoms. The van der Waals surface area contributed by atoms with Gasteiger partial charge in [0.15, 0.2) is 0 Å². The minimum atomic E-state index is 0.394. The molecule has 0 aliphatic heterocycles. The minimum absolute atomic E-state index is 0.394. The van der Waals surface area contributed by atoms with Gasteiger partial charge < -0.3 is 15.1 Å². The van der Waals surface area contributed by atoms with Crippen molar-refractivity contribution in [1.29, 1.82) is 0 Å². The lowest BCUT2D eigenvalue weighted by molar-refractivity contribution is 0.493. The standard InChI is InChI=1S/C11H13BrN4O/c1-7-3-4-8(5-9(7)12)14-11-16-15-10(17-11)6-13-2/h3-5,13H,6H2,1-2H3,(H,14,16). The number of nitrogens with zero attached hydrogens (tertiary/aromatic N) is 2. The summed E-state index contributed by atoms with van der Waals surface area (Å²) >= 11 is 3.47. The third kappa shape index (κ3) is 3.04. The number of nitrogens with one attached hydrogen (secondary N) is 2. The van der Waals surface area contributed by atoms with Crippen LogP contribution in [-0.2, 0) is 6.54 Å². The topological polar surface area (TPSA) is 63.0 Å². The second-order valence-corrected chi connectivity index (χ2v) is 4.47. The molecule has 2 aromatic rings. The highest BCUT2D eigenvalue weighted by atomic mass is 79.9. The van der Waals surface area contributed by atoms with E-state index in [2.05, 4.69) is 36.8 Å². The van der Waals surface area contributed by atoms with Gasteiger partial charge in [-0.15, -0.1) is 5.10 Å². The zero-order valence-electron chi connectivity index (χ0n) is 9.62. The molecule has 2 N–H and O–H groups in total. The number of aromatic nitrogens is 2. The maximum absolute atomic E-state index is 5.39. The lowest BCUT2D eigenvalue weighted by Gasteiger charge is -2.03. The van der Waals surface area contributed by atoms with Crippen LogP contribution in [0.15, 0.2) is 27.1 Å². The number of hydrogen-bond acceptors (Lipinski definition) is 5. The fourth-order valence-corrected chi connectivity index (χ4v) is 1.70. The maximum Gasteiger partial charge on any atom is 0.320 e. The van der Waals surface area contributed by atoms with Gasteiger partial charge in [0, 0.05) is 10.2 Å². The Labute approximate surface area is 108 Å². The van der Waals surface area contributed by atoms with Crippen molar-refractivity contribution in [3.05, 3.63) is 34.1 Å². The highest BCUT2D eigenvalue weighted by Gasteiger charge is 2.05. The first-order valence-corrected chi connectivity index (χ1v) is 5.98. The van der Waals surface area contributed by atoms with Crippen molar-refractivity contribution in [2.75, 3.05) is 12.4 Å². The Hall–Kier alpha value is -1.40. The monoisotopic (exact) mass is 296 g/mol. The molecule has 0 saturated carbocycles. The van der Waals surface area contributed by atoms with E-state index >= 15 is 0 Å². The Morgan fingerprint density at radius 2 is 2.18 bits per heavy atom. The Morgan fingerprint density at radius 1 is 1.35 bits per heavy atom. The molecule has 90 valence electrons. The van der Waals surface area contributed by atoms with Gasteiger partial charge in [0.25, 0.3) is 0 Å². The van der Waals surface area contributed by atoms with Gasteiger partial charge in [0.1, 0.15) is 0 Å². The lowest BCUT2D eigenvalue weighted by Crippen LogP contribution is -2.04. The van der Waals surface area contributed by atoms with Crippen LogP contribution in [0.4, 0.5) is 11.7 Å². The minimum Gasteiger partial charge on any atom is -0.406 e. The molecule has 2 rings (SSSR count). The number of hydrogen-bond donors (Lipinski definition) is 2. The predicted molar refractivity (Wildman–Crippen MR) is 69.2 cm³/mol. The summed E-state index contributed by atoms with van der Waals surface area (Å²) in [5, 5.41) is 13.8. The number of aryl methyl sites for hydroxylation is 1. The molecule has 6 heteroatoms. The molecule has 0 atom stereocenters. The highest BCUT2D eigenvalue weighted by Crippen LogP contribution is 2.22. The normalized spacial score (nSPS) is 10.5. The molecule has 0 aliphatic carbocycles. The number of halogens is 1. The number of rotatable bonds is 4. The van der Waals surface area contributed by atoms with Gasteiger partial charge in [-0.1, -0.05) is 27.1 Å². The van der Waals surface area contributed by atoms with Crippen molar-refractivity contribution in [2.45, 2.75) is 13.5 Å². The Bertz CT molecular complexity index is 512. The van der Waals surface area contributed by atoms with E-state index in [-0.39, 0.29) is 0 Å². The van der Waals surface area contributed by atoms with Crippen molar-refractivity contribution < 1.29 is 4.42 Å². The summed E-state index contributed by atoms with van der Waals surface area (Å²) in [7, 11) is 1.83. The van der Waals surface area contributed by atoms with Gasteiger partial charge in [-0.25, -0.2) is 0 Å². The molecular weight excluding hydrogens is 284 g/mol. The first-order chi connectivity index (χ1) is 8.19. The number of benzene rings is 1. The summed E-state index contributed by atoms with van der Waals surface area (Å²) in [5.41, 5.74) is 2.08. The predicted octanol–water partition coefficient (Wildman–Crippen LogP) is 2.60. The van der Waals surface area contributed by atoms with E-state index in [1.807, 2.05) is 32.2 Å². The van der Waals surface area contributed by atoms with Crippen LogP contribution < -0.4 is 10.6 Å². The fourth-order valence-electron chi connectivity index (χ4n) is 1.32. The van der Waals surface area contributed by atoms with Crippen LogP contribution >= 0.6 is 15.9 Å². The molecule has 5 nitrogen and oxygen atoms in total. The van der Waals surface area contributed by atoms with E-state index in [0.717, 1.165) is 10.2 Å². The third-order valence-electron chi connectivity index (χ3n) is 2.22. The second-order valence-electron chi connectivity index (χ2n) is 3.62. The molecule has 1 aromatic carbocycles. The van der Waals surface area contributed by atoms with E-state index in [1.54, 1.807) is 0 Å². The van der Waals surface area contributed by atoms with Gasteiger partial charge >= 0.3 is 6.01 Å². The van der Waals surface area contributed by atoms with E-state index in [0.29, 0.717) is 18.5 Å². The second kappa shape index (κ2) is 5.29. The molecule has 17 heavy (non-hydrogen) atoms. The summed E-state index contributed by atoms with van der Waals surface area (Å²) in [4.78, 5) is 0. The highest BCUT2D eigenvalue weighted by molar-refractivity contribution is 9.10. The summed E-state index contributed by atoms with van der Waals surface area (Å²) in [5.74, 6) is 0.557.